The van der Waals surface area contributed by atoms with Crippen molar-refractivity contribution in [2.24, 2.45) is 11.3 Å². The first-order chi connectivity index (χ1) is 8.92. The monoisotopic (exact) mass is 270 g/mol. The molecular weight excluding hydrogens is 244 g/mol. The lowest BCUT2D eigenvalue weighted by Gasteiger charge is -2.33. The number of rotatable bonds is 5. The van der Waals surface area contributed by atoms with Gasteiger partial charge < -0.3 is 15.3 Å². The number of aliphatic carboxylic acids is 1. The predicted octanol–water partition coefficient (Wildman–Crippen LogP) is 2.32. The molecule has 5 heteroatoms. The first-order valence-corrected chi connectivity index (χ1v) is 7.19. The molecule has 2 unspecified atom stereocenters. The molecule has 1 rings (SSSR count). The maximum absolute atomic E-state index is 12.1. The highest BCUT2D eigenvalue weighted by molar-refractivity contribution is 5.78. The summed E-state index contributed by atoms with van der Waals surface area (Å²) in [6.45, 7) is 7.39. The molecule has 2 amide bonds. The molecule has 0 radical (unpaired) electrons. The molecule has 110 valence electrons. The molecule has 1 aliphatic heterocycles. The first-order valence-electron chi connectivity index (χ1n) is 7.19. The molecule has 5 nitrogen and oxygen atoms in total. The number of nitrogens with zero attached hydrogens (tertiary/aromatic N) is 1. The van der Waals surface area contributed by atoms with Gasteiger partial charge in [0, 0.05) is 19.6 Å². The van der Waals surface area contributed by atoms with Crippen molar-refractivity contribution in [2.45, 2.75) is 46.5 Å². The number of urea groups is 1. The van der Waals surface area contributed by atoms with Crippen LogP contribution in [0.5, 0.6) is 0 Å². The van der Waals surface area contributed by atoms with Crippen molar-refractivity contribution in [3.05, 3.63) is 0 Å². The van der Waals surface area contributed by atoms with Gasteiger partial charge >= 0.3 is 12.0 Å². The summed E-state index contributed by atoms with van der Waals surface area (Å²) in [5.41, 5.74) is -0.879. The zero-order valence-electron chi connectivity index (χ0n) is 12.2. The van der Waals surface area contributed by atoms with Gasteiger partial charge in [0.2, 0.25) is 0 Å². The molecule has 1 fully saturated rings. The Morgan fingerprint density at radius 1 is 1.42 bits per heavy atom. The number of hydrogen-bond acceptors (Lipinski definition) is 2. The van der Waals surface area contributed by atoms with Crippen LogP contribution in [0.15, 0.2) is 0 Å². The highest BCUT2D eigenvalue weighted by Crippen LogP contribution is 2.21. The molecule has 0 bridgehead atoms. The second kappa shape index (κ2) is 6.78. The minimum Gasteiger partial charge on any atom is -0.481 e. The quantitative estimate of drug-likeness (QED) is 0.805. The number of piperidine rings is 1. The van der Waals surface area contributed by atoms with Gasteiger partial charge in [0.1, 0.15) is 0 Å². The van der Waals surface area contributed by atoms with E-state index in [1.54, 1.807) is 6.92 Å². The minimum atomic E-state index is -0.879. The standard InChI is InChI=1S/C14H26N2O3/c1-4-11-7-6-8-16(9-11)13(19)15-10-14(3,5-2)12(17)18/h11H,4-10H2,1-3H3,(H,15,19)(H,17,18). The van der Waals surface area contributed by atoms with E-state index in [1.807, 2.05) is 11.8 Å². The summed E-state index contributed by atoms with van der Waals surface area (Å²) in [6, 6.07) is -0.126. The zero-order chi connectivity index (χ0) is 14.5. The third-order valence-corrected chi connectivity index (χ3v) is 4.31. The smallest absolute Gasteiger partial charge is 0.317 e. The van der Waals surface area contributed by atoms with Crippen LogP contribution in [0.4, 0.5) is 4.79 Å². The molecule has 0 aromatic carbocycles. The third-order valence-electron chi connectivity index (χ3n) is 4.31. The van der Waals surface area contributed by atoms with Crippen LogP contribution in [-0.4, -0.2) is 41.6 Å². The average molecular weight is 270 g/mol. The van der Waals surface area contributed by atoms with Gasteiger partial charge in [0.05, 0.1) is 5.41 Å². The number of hydrogen-bond donors (Lipinski definition) is 2. The van der Waals surface area contributed by atoms with E-state index in [4.69, 9.17) is 0 Å². The number of nitrogens with one attached hydrogen (secondary N) is 1. The Hall–Kier alpha value is -1.26. The van der Waals surface area contributed by atoms with Crippen molar-refractivity contribution in [3.63, 3.8) is 0 Å². The maximum atomic E-state index is 12.1. The number of amides is 2. The molecule has 1 heterocycles. The highest BCUT2D eigenvalue weighted by Gasteiger charge is 2.32. The van der Waals surface area contributed by atoms with Crippen LogP contribution in [0.2, 0.25) is 0 Å². The predicted molar refractivity (Wildman–Crippen MR) is 74.0 cm³/mol. The Morgan fingerprint density at radius 2 is 2.11 bits per heavy atom. The molecule has 1 aliphatic rings. The van der Waals surface area contributed by atoms with E-state index in [0.29, 0.717) is 12.3 Å². The molecular formula is C14H26N2O3. The van der Waals surface area contributed by atoms with Gasteiger partial charge in [-0.2, -0.15) is 0 Å². The Bertz CT molecular complexity index is 333. The molecule has 19 heavy (non-hydrogen) atoms. The van der Waals surface area contributed by atoms with E-state index in [9.17, 15) is 14.7 Å². The van der Waals surface area contributed by atoms with Crippen molar-refractivity contribution >= 4 is 12.0 Å². The summed E-state index contributed by atoms with van der Waals surface area (Å²) in [4.78, 5) is 25.1. The van der Waals surface area contributed by atoms with Crippen molar-refractivity contribution in [2.75, 3.05) is 19.6 Å². The van der Waals surface area contributed by atoms with Crippen molar-refractivity contribution in [3.8, 4) is 0 Å². The van der Waals surface area contributed by atoms with Gasteiger partial charge in [0.15, 0.2) is 0 Å². The molecule has 1 saturated heterocycles. The Morgan fingerprint density at radius 3 is 2.63 bits per heavy atom. The van der Waals surface area contributed by atoms with Gasteiger partial charge in [-0.25, -0.2) is 4.79 Å². The summed E-state index contributed by atoms with van der Waals surface area (Å²) < 4.78 is 0. The van der Waals surface area contributed by atoms with E-state index in [2.05, 4.69) is 12.2 Å². The number of carbonyl (C=O) groups is 2. The second-order valence-electron chi connectivity index (χ2n) is 5.74. The molecule has 0 spiro atoms. The molecule has 2 atom stereocenters. The fraction of sp³-hybridized carbons (Fsp3) is 0.857. The van der Waals surface area contributed by atoms with Crippen LogP contribution in [0.25, 0.3) is 0 Å². The van der Waals surface area contributed by atoms with Crippen LogP contribution in [0.1, 0.15) is 46.5 Å². The number of likely N-dealkylation sites (tertiary alicyclic amines) is 1. The molecule has 0 aromatic heterocycles. The molecule has 0 saturated carbocycles. The van der Waals surface area contributed by atoms with Crippen LogP contribution in [0.3, 0.4) is 0 Å². The van der Waals surface area contributed by atoms with Crippen LogP contribution >= 0.6 is 0 Å². The first kappa shape index (κ1) is 15.8. The Kier molecular flexibility index (Phi) is 5.63. The normalized spacial score (nSPS) is 22.7. The Labute approximate surface area is 115 Å². The lowest BCUT2D eigenvalue weighted by Crippen LogP contribution is -2.49. The van der Waals surface area contributed by atoms with Gasteiger partial charge in [-0.1, -0.05) is 20.3 Å². The third kappa shape index (κ3) is 4.11. The zero-order valence-corrected chi connectivity index (χ0v) is 12.2. The Balaban J connectivity index is 2.48. The lowest BCUT2D eigenvalue weighted by molar-refractivity contribution is -0.147. The van der Waals surface area contributed by atoms with Gasteiger partial charge in [-0.05, 0) is 32.1 Å². The summed E-state index contributed by atoms with van der Waals surface area (Å²) in [7, 11) is 0. The average Bonchev–Trinajstić information content (AvgIpc) is 2.44. The van der Waals surface area contributed by atoms with Crippen molar-refractivity contribution < 1.29 is 14.7 Å². The summed E-state index contributed by atoms with van der Waals surface area (Å²) in [6.07, 6.45) is 3.81. The molecule has 0 aliphatic carbocycles. The highest BCUT2D eigenvalue weighted by atomic mass is 16.4. The van der Waals surface area contributed by atoms with Crippen molar-refractivity contribution in [1.29, 1.82) is 0 Å². The molecule has 0 aromatic rings. The lowest BCUT2D eigenvalue weighted by atomic mass is 9.88. The number of carbonyl (C=O) groups excluding carboxylic acids is 1. The van der Waals surface area contributed by atoms with E-state index in [-0.39, 0.29) is 12.6 Å². The maximum Gasteiger partial charge on any atom is 0.317 e. The number of carboxylic acid groups (broad SMARTS) is 1. The topological polar surface area (TPSA) is 69.6 Å². The largest absolute Gasteiger partial charge is 0.481 e. The number of carboxylic acids is 1. The SMILES string of the molecule is CCC1CCCN(C(=O)NCC(C)(CC)C(=O)O)C1. The fourth-order valence-electron chi connectivity index (χ4n) is 2.32. The van der Waals surface area contributed by atoms with Crippen molar-refractivity contribution in [1.82, 2.24) is 10.2 Å². The summed E-state index contributed by atoms with van der Waals surface area (Å²) in [5, 5.41) is 11.9. The summed E-state index contributed by atoms with van der Waals surface area (Å²) >= 11 is 0. The van der Waals surface area contributed by atoms with Crippen LogP contribution < -0.4 is 5.32 Å². The van der Waals surface area contributed by atoms with E-state index in [1.165, 1.54) is 6.42 Å². The fourth-order valence-corrected chi connectivity index (χ4v) is 2.32. The van der Waals surface area contributed by atoms with Gasteiger partial charge in [-0.3, -0.25) is 4.79 Å². The van der Waals surface area contributed by atoms with Crippen LogP contribution in [0, 0.1) is 11.3 Å². The summed E-state index contributed by atoms with van der Waals surface area (Å²) in [5.74, 6) is -0.281. The van der Waals surface area contributed by atoms with Gasteiger partial charge in [-0.15, -0.1) is 0 Å². The van der Waals surface area contributed by atoms with E-state index < -0.39 is 11.4 Å². The van der Waals surface area contributed by atoms with Crippen LogP contribution in [-0.2, 0) is 4.79 Å². The molecule has 2 N–H and O–H groups in total. The van der Waals surface area contributed by atoms with Gasteiger partial charge in [0.25, 0.3) is 0 Å². The van der Waals surface area contributed by atoms with E-state index in [0.717, 1.165) is 25.9 Å². The minimum absolute atomic E-state index is 0.126. The second-order valence-corrected chi connectivity index (χ2v) is 5.74. The van der Waals surface area contributed by atoms with E-state index >= 15 is 0 Å².